The van der Waals surface area contributed by atoms with Crippen molar-refractivity contribution < 1.29 is 4.79 Å². The predicted molar refractivity (Wildman–Crippen MR) is 121 cm³/mol. The van der Waals surface area contributed by atoms with Crippen LogP contribution in [0, 0.1) is 0 Å². The summed E-state index contributed by atoms with van der Waals surface area (Å²) in [5.74, 6) is -0.0758. The summed E-state index contributed by atoms with van der Waals surface area (Å²) >= 11 is 0. The smallest absolute Gasteiger partial charge is 0.251 e. The lowest BCUT2D eigenvalue weighted by molar-refractivity contribution is 0.0926. The highest BCUT2D eigenvalue weighted by molar-refractivity contribution is 5.94. The molecule has 0 bridgehead atoms. The quantitative estimate of drug-likeness (QED) is 0.478. The topological polar surface area (TPSA) is 75.9 Å². The number of benzene rings is 2. The number of pyridine rings is 1. The minimum atomic E-state index is -0.0758. The number of fused-ring (bicyclic) bond motifs is 1. The Morgan fingerprint density at radius 3 is 2.58 bits per heavy atom. The highest BCUT2D eigenvalue weighted by Gasteiger charge is 2.15. The zero-order valence-electron chi connectivity index (χ0n) is 17.8. The summed E-state index contributed by atoms with van der Waals surface area (Å²) in [5.41, 5.74) is 4.11. The van der Waals surface area contributed by atoms with Gasteiger partial charge in [-0.2, -0.15) is 4.68 Å². The second-order valence-electron chi connectivity index (χ2n) is 7.66. The average molecular weight is 415 g/mol. The number of nitrogens with one attached hydrogen (secondary N) is 1. The maximum atomic E-state index is 12.8. The molecule has 2 heterocycles. The molecule has 2 aromatic carbocycles. The molecule has 158 valence electrons. The van der Waals surface area contributed by atoms with Crippen molar-refractivity contribution in [1.29, 1.82) is 0 Å². The van der Waals surface area contributed by atoms with Crippen molar-refractivity contribution in [3.8, 4) is 5.69 Å². The fourth-order valence-corrected chi connectivity index (χ4v) is 3.57. The molecule has 2 aromatic heterocycles. The van der Waals surface area contributed by atoms with Crippen molar-refractivity contribution in [2.45, 2.75) is 25.9 Å². The van der Waals surface area contributed by atoms with Gasteiger partial charge in [0, 0.05) is 30.9 Å². The van der Waals surface area contributed by atoms with Gasteiger partial charge in [0.05, 0.1) is 5.69 Å². The summed E-state index contributed by atoms with van der Waals surface area (Å²) in [6.45, 7) is 3.72. The standard InChI is InChI=1S/C24H26N6O/c1-3-20(17-29(2)16-18-8-5-4-6-9-18)26-24(31)19-11-13-21(14-12-19)30-23-22(27-28-30)10-7-15-25-23/h4-15,20H,3,16-17H2,1-2H3,(H,26,31). The van der Waals surface area contributed by atoms with E-state index in [1.165, 1.54) is 5.56 Å². The van der Waals surface area contributed by atoms with Crippen molar-refractivity contribution in [3.05, 3.63) is 84.1 Å². The third kappa shape index (κ3) is 4.95. The summed E-state index contributed by atoms with van der Waals surface area (Å²) in [4.78, 5) is 19.4. The molecule has 7 nitrogen and oxygen atoms in total. The molecule has 31 heavy (non-hydrogen) atoms. The number of carbonyl (C=O) groups is 1. The molecule has 1 N–H and O–H groups in total. The van der Waals surface area contributed by atoms with E-state index in [9.17, 15) is 4.79 Å². The van der Waals surface area contributed by atoms with E-state index in [1.807, 2.05) is 54.6 Å². The van der Waals surface area contributed by atoms with Gasteiger partial charge in [-0.1, -0.05) is 42.5 Å². The Bertz CT molecular complexity index is 1140. The Morgan fingerprint density at radius 1 is 1.06 bits per heavy atom. The Hall–Kier alpha value is -3.58. The van der Waals surface area contributed by atoms with Crippen LogP contribution in [-0.4, -0.2) is 50.4 Å². The first-order valence-electron chi connectivity index (χ1n) is 10.4. The fraction of sp³-hybridized carbons (Fsp3) is 0.250. The van der Waals surface area contributed by atoms with Crippen molar-refractivity contribution in [3.63, 3.8) is 0 Å². The van der Waals surface area contributed by atoms with Gasteiger partial charge in [-0.05, 0) is 55.4 Å². The van der Waals surface area contributed by atoms with E-state index in [1.54, 1.807) is 10.9 Å². The van der Waals surface area contributed by atoms with E-state index in [-0.39, 0.29) is 11.9 Å². The number of aromatic nitrogens is 4. The van der Waals surface area contributed by atoms with Gasteiger partial charge in [0.1, 0.15) is 5.52 Å². The second kappa shape index (κ2) is 9.49. The van der Waals surface area contributed by atoms with Gasteiger partial charge in [-0.15, -0.1) is 5.10 Å². The van der Waals surface area contributed by atoms with Crippen molar-refractivity contribution >= 4 is 17.1 Å². The monoisotopic (exact) mass is 414 g/mol. The summed E-state index contributed by atoms with van der Waals surface area (Å²) < 4.78 is 1.67. The van der Waals surface area contributed by atoms with Crippen LogP contribution in [0.1, 0.15) is 29.3 Å². The lowest BCUT2D eigenvalue weighted by Crippen LogP contribution is -2.42. The van der Waals surface area contributed by atoms with Crippen LogP contribution < -0.4 is 5.32 Å². The molecule has 7 heteroatoms. The van der Waals surface area contributed by atoms with Gasteiger partial charge in [0.2, 0.25) is 0 Å². The van der Waals surface area contributed by atoms with Gasteiger partial charge in [-0.3, -0.25) is 4.79 Å². The minimum absolute atomic E-state index is 0.0735. The zero-order chi connectivity index (χ0) is 21.6. The van der Waals surface area contributed by atoms with Gasteiger partial charge >= 0.3 is 0 Å². The number of carbonyl (C=O) groups excluding carboxylic acids is 1. The molecule has 1 unspecified atom stereocenters. The fourth-order valence-electron chi connectivity index (χ4n) is 3.57. The van der Waals surface area contributed by atoms with Crippen molar-refractivity contribution in [1.82, 2.24) is 30.2 Å². The number of likely N-dealkylation sites (N-methyl/N-ethyl adjacent to an activating group) is 1. The van der Waals surface area contributed by atoms with Crippen LogP contribution in [-0.2, 0) is 6.54 Å². The van der Waals surface area contributed by atoms with Crippen LogP contribution in [0.25, 0.3) is 16.9 Å². The number of rotatable bonds is 8. The molecule has 0 saturated carbocycles. The highest BCUT2D eigenvalue weighted by atomic mass is 16.1. The van der Waals surface area contributed by atoms with Crippen molar-refractivity contribution in [2.24, 2.45) is 0 Å². The second-order valence-corrected chi connectivity index (χ2v) is 7.66. The van der Waals surface area contributed by atoms with Gasteiger partial charge in [0.25, 0.3) is 5.91 Å². The Labute approximate surface area is 181 Å². The molecular weight excluding hydrogens is 388 g/mol. The molecule has 0 saturated heterocycles. The van der Waals surface area contributed by atoms with Crippen LogP contribution in [0.4, 0.5) is 0 Å². The van der Waals surface area contributed by atoms with Crippen molar-refractivity contribution in [2.75, 3.05) is 13.6 Å². The molecule has 0 radical (unpaired) electrons. The molecule has 4 aromatic rings. The minimum Gasteiger partial charge on any atom is -0.348 e. The Morgan fingerprint density at radius 2 is 1.84 bits per heavy atom. The Kier molecular flexibility index (Phi) is 6.33. The van der Waals surface area contributed by atoms with Gasteiger partial charge < -0.3 is 10.2 Å². The molecule has 1 amide bonds. The zero-order valence-corrected chi connectivity index (χ0v) is 17.8. The third-order valence-electron chi connectivity index (χ3n) is 5.24. The largest absolute Gasteiger partial charge is 0.348 e. The lowest BCUT2D eigenvalue weighted by Gasteiger charge is -2.24. The molecule has 4 rings (SSSR count). The van der Waals surface area contributed by atoms with Crippen LogP contribution >= 0.6 is 0 Å². The van der Waals surface area contributed by atoms with E-state index in [0.717, 1.165) is 30.7 Å². The van der Waals surface area contributed by atoms with Crippen LogP contribution in [0.5, 0.6) is 0 Å². The summed E-state index contributed by atoms with van der Waals surface area (Å²) in [6, 6.07) is 21.5. The first kappa shape index (κ1) is 20.7. The van der Waals surface area contributed by atoms with E-state index >= 15 is 0 Å². The number of nitrogens with zero attached hydrogens (tertiary/aromatic N) is 5. The summed E-state index contributed by atoms with van der Waals surface area (Å²) in [7, 11) is 2.08. The van der Waals surface area contributed by atoms with E-state index in [0.29, 0.717) is 11.2 Å². The number of hydrogen-bond acceptors (Lipinski definition) is 5. The van der Waals surface area contributed by atoms with Gasteiger partial charge in [0.15, 0.2) is 5.65 Å². The summed E-state index contributed by atoms with van der Waals surface area (Å²) in [5, 5.41) is 11.4. The van der Waals surface area contributed by atoms with E-state index < -0.39 is 0 Å². The first-order valence-corrected chi connectivity index (χ1v) is 10.4. The Balaban J connectivity index is 1.39. The van der Waals surface area contributed by atoms with Crippen LogP contribution in [0.3, 0.4) is 0 Å². The number of hydrogen-bond donors (Lipinski definition) is 1. The SMILES string of the molecule is CCC(CN(C)Cc1ccccc1)NC(=O)c1ccc(-n2nnc3cccnc32)cc1. The molecule has 1 atom stereocenters. The molecule has 0 aliphatic heterocycles. The molecular formula is C24H26N6O. The maximum Gasteiger partial charge on any atom is 0.251 e. The molecule has 0 fully saturated rings. The average Bonchev–Trinajstić information content (AvgIpc) is 3.23. The number of amides is 1. The highest BCUT2D eigenvalue weighted by Crippen LogP contribution is 2.15. The predicted octanol–water partition coefficient (Wildman–Crippen LogP) is 3.46. The lowest BCUT2D eigenvalue weighted by atomic mass is 10.1. The first-order chi connectivity index (χ1) is 15.1. The van der Waals surface area contributed by atoms with Crippen LogP contribution in [0.2, 0.25) is 0 Å². The molecule has 0 spiro atoms. The third-order valence-corrected chi connectivity index (χ3v) is 5.24. The maximum absolute atomic E-state index is 12.8. The summed E-state index contributed by atoms with van der Waals surface area (Å²) in [6.07, 6.45) is 2.57. The van der Waals surface area contributed by atoms with E-state index in [2.05, 4.69) is 51.6 Å². The van der Waals surface area contributed by atoms with E-state index in [4.69, 9.17) is 0 Å². The van der Waals surface area contributed by atoms with Crippen LogP contribution in [0.15, 0.2) is 72.9 Å². The van der Waals surface area contributed by atoms with Gasteiger partial charge in [-0.25, -0.2) is 4.98 Å². The normalized spacial score (nSPS) is 12.2. The molecule has 0 aliphatic carbocycles. The molecule has 0 aliphatic rings.